The van der Waals surface area contributed by atoms with E-state index in [0.29, 0.717) is 30.2 Å². The number of nitrogens with zero attached hydrogens (tertiary/aromatic N) is 1. The van der Waals surface area contributed by atoms with Gasteiger partial charge in [-0.05, 0) is 92.2 Å². The second kappa shape index (κ2) is 12.1. The molecule has 2 atom stereocenters. The van der Waals surface area contributed by atoms with E-state index in [1.165, 1.54) is 16.7 Å². The van der Waals surface area contributed by atoms with Crippen LogP contribution < -0.4 is 16.4 Å². The molecule has 0 aliphatic heterocycles. The van der Waals surface area contributed by atoms with E-state index in [1.54, 1.807) is 0 Å². The number of aromatic amines is 1. The third-order valence-corrected chi connectivity index (χ3v) is 8.63. The molecule has 0 bridgehead atoms. The van der Waals surface area contributed by atoms with Gasteiger partial charge in [0.15, 0.2) is 0 Å². The predicted molar refractivity (Wildman–Crippen MR) is 155 cm³/mol. The van der Waals surface area contributed by atoms with Gasteiger partial charge in [0.2, 0.25) is 0 Å². The molecule has 3 aliphatic rings. The zero-order chi connectivity index (χ0) is 26.5. The molecule has 38 heavy (non-hydrogen) atoms. The number of allylic oxidation sites excluding steroid dienone is 6. The number of imidazole rings is 1. The highest BCUT2D eigenvalue weighted by Crippen LogP contribution is 2.37. The Hall–Kier alpha value is -3.18. The van der Waals surface area contributed by atoms with E-state index >= 15 is 0 Å². The summed E-state index contributed by atoms with van der Waals surface area (Å²) in [5.74, 6) is 1.69. The average molecular weight is 512 g/mol. The van der Waals surface area contributed by atoms with Crippen LogP contribution in [0.5, 0.6) is 0 Å². The third kappa shape index (κ3) is 6.44. The zero-order valence-electron chi connectivity index (χ0n) is 22.5. The molecule has 5 nitrogen and oxygen atoms in total. The molecule has 5 heteroatoms. The van der Waals surface area contributed by atoms with Crippen LogP contribution >= 0.6 is 0 Å². The minimum Gasteiger partial charge on any atom is -0.481 e. The molecule has 1 heterocycles. The number of aromatic nitrogens is 2. The molecule has 1 fully saturated rings. The van der Waals surface area contributed by atoms with Gasteiger partial charge in [-0.15, -0.1) is 0 Å². The molecule has 3 aliphatic carbocycles. The van der Waals surface area contributed by atoms with Crippen LogP contribution in [0, 0.1) is 11.8 Å². The molecule has 0 saturated heterocycles. The molecular formula is C33H41N3O2. The number of carboxylic acid groups (broad SMARTS) is 1. The quantitative estimate of drug-likeness (QED) is 0.404. The highest BCUT2D eigenvalue weighted by atomic mass is 16.4. The number of benzene rings is 1. The zero-order valence-corrected chi connectivity index (χ0v) is 22.5. The Morgan fingerprint density at radius 3 is 2.55 bits per heavy atom. The third-order valence-electron chi connectivity index (χ3n) is 8.63. The summed E-state index contributed by atoms with van der Waals surface area (Å²) in [6.07, 6.45) is 23.2. The van der Waals surface area contributed by atoms with Crippen molar-refractivity contribution in [3.63, 3.8) is 0 Å². The highest BCUT2D eigenvalue weighted by molar-refractivity contribution is 5.81. The van der Waals surface area contributed by atoms with E-state index in [1.807, 2.05) is 0 Å². The fourth-order valence-electron chi connectivity index (χ4n) is 6.13. The molecule has 1 aromatic heterocycles. The number of hydrogen-bond acceptors (Lipinski definition) is 3. The maximum absolute atomic E-state index is 11.0. The Kier molecular flexibility index (Phi) is 8.43. The van der Waals surface area contributed by atoms with Crippen molar-refractivity contribution < 1.29 is 9.90 Å². The molecule has 0 spiro atoms. The smallest absolute Gasteiger partial charge is 0.303 e. The van der Waals surface area contributed by atoms with Crippen molar-refractivity contribution in [3.8, 4) is 0 Å². The van der Waals surface area contributed by atoms with Gasteiger partial charge in [-0.3, -0.25) is 4.79 Å². The number of nitrogens with one attached hydrogen (secondary N) is 1. The molecule has 0 amide bonds. The van der Waals surface area contributed by atoms with Crippen LogP contribution in [0.3, 0.4) is 0 Å². The maximum Gasteiger partial charge on any atom is 0.303 e. The molecule has 2 unspecified atom stereocenters. The minimum absolute atomic E-state index is 0.298. The van der Waals surface area contributed by atoms with Crippen molar-refractivity contribution in [1.82, 2.24) is 9.97 Å². The topological polar surface area (TPSA) is 92.0 Å². The number of nitrogens with two attached hydrogens (primary N) is 1. The molecule has 200 valence electrons. The summed E-state index contributed by atoms with van der Waals surface area (Å²) in [6, 6.07) is 9.30. The predicted octanol–water partition coefficient (Wildman–Crippen LogP) is 5.68. The number of aliphatic carboxylic acids is 1. The summed E-state index contributed by atoms with van der Waals surface area (Å²) < 4.78 is 0. The monoisotopic (exact) mass is 511 g/mol. The minimum atomic E-state index is -0.666. The number of carbonyl (C=O) groups is 1. The van der Waals surface area contributed by atoms with Gasteiger partial charge >= 0.3 is 5.97 Å². The van der Waals surface area contributed by atoms with Crippen molar-refractivity contribution in [2.75, 3.05) is 0 Å². The van der Waals surface area contributed by atoms with Gasteiger partial charge in [-0.1, -0.05) is 67.6 Å². The normalized spacial score (nSPS) is 23.8. The lowest BCUT2D eigenvalue weighted by molar-refractivity contribution is -0.138. The van der Waals surface area contributed by atoms with Crippen LogP contribution in [0.15, 0.2) is 48.6 Å². The lowest BCUT2D eigenvalue weighted by Crippen LogP contribution is -2.29. The largest absolute Gasteiger partial charge is 0.481 e. The van der Waals surface area contributed by atoms with Crippen molar-refractivity contribution in [3.05, 3.63) is 76.2 Å². The highest BCUT2D eigenvalue weighted by Gasteiger charge is 2.24. The van der Waals surface area contributed by atoms with Gasteiger partial charge in [0, 0.05) is 18.0 Å². The van der Waals surface area contributed by atoms with Gasteiger partial charge in [0.25, 0.3) is 0 Å². The SMILES string of the molecule is CCC(N)CCC1C=c2[nH]c(C3=CCC=C(c4ccc(C5CCC(CC(=O)O)CC5)cc4)C=C3)nc2=CC1. The average Bonchev–Trinajstić information content (AvgIpc) is 3.20. The molecular weight excluding hydrogens is 470 g/mol. The number of fused-ring (bicyclic) bond motifs is 1. The van der Waals surface area contributed by atoms with E-state index in [-0.39, 0.29) is 0 Å². The van der Waals surface area contributed by atoms with Crippen LogP contribution in [-0.2, 0) is 4.79 Å². The Bertz CT molecular complexity index is 1340. The van der Waals surface area contributed by atoms with Crippen LogP contribution in [0.1, 0.15) is 94.0 Å². The Labute approximate surface area is 226 Å². The van der Waals surface area contributed by atoms with E-state index in [9.17, 15) is 4.79 Å². The van der Waals surface area contributed by atoms with Gasteiger partial charge < -0.3 is 15.8 Å². The number of H-pyrrole nitrogens is 1. The lowest BCUT2D eigenvalue weighted by Gasteiger charge is -2.28. The lowest BCUT2D eigenvalue weighted by atomic mass is 9.77. The number of rotatable bonds is 9. The number of hydrogen-bond donors (Lipinski definition) is 3. The second-order valence-corrected chi connectivity index (χ2v) is 11.3. The van der Waals surface area contributed by atoms with Gasteiger partial charge in [-0.25, -0.2) is 4.98 Å². The first-order valence-electron chi connectivity index (χ1n) is 14.4. The first-order chi connectivity index (χ1) is 18.5. The Morgan fingerprint density at radius 2 is 1.82 bits per heavy atom. The fraction of sp³-hybridized carbons (Fsp3) is 0.455. The van der Waals surface area contributed by atoms with E-state index < -0.39 is 5.97 Å². The summed E-state index contributed by atoms with van der Waals surface area (Å²) in [7, 11) is 0. The van der Waals surface area contributed by atoms with Crippen molar-refractivity contribution in [1.29, 1.82) is 0 Å². The molecule has 4 N–H and O–H groups in total. The van der Waals surface area contributed by atoms with E-state index in [0.717, 1.165) is 79.9 Å². The van der Waals surface area contributed by atoms with E-state index in [4.69, 9.17) is 15.8 Å². The molecule has 1 saturated carbocycles. The van der Waals surface area contributed by atoms with Gasteiger partial charge in [-0.2, -0.15) is 0 Å². The summed E-state index contributed by atoms with van der Waals surface area (Å²) in [6.45, 7) is 2.16. The molecule has 0 radical (unpaired) electrons. The summed E-state index contributed by atoms with van der Waals surface area (Å²) in [4.78, 5) is 19.5. The molecule has 5 rings (SSSR count). The number of carboxylic acids is 1. The summed E-state index contributed by atoms with van der Waals surface area (Å²) in [5.41, 5.74) is 11.1. The van der Waals surface area contributed by atoms with Crippen LogP contribution in [-0.4, -0.2) is 27.1 Å². The summed E-state index contributed by atoms with van der Waals surface area (Å²) >= 11 is 0. The van der Waals surface area contributed by atoms with Crippen molar-refractivity contribution in [2.45, 2.75) is 83.1 Å². The van der Waals surface area contributed by atoms with Crippen LogP contribution in [0.2, 0.25) is 0 Å². The second-order valence-electron chi connectivity index (χ2n) is 11.3. The van der Waals surface area contributed by atoms with E-state index in [2.05, 4.69) is 72.6 Å². The summed E-state index contributed by atoms with van der Waals surface area (Å²) in [5, 5.41) is 11.3. The maximum atomic E-state index is 11.0. The first-order valence-corrected chi connectivity index (χ1v) is 14.4. The van der Waals surface area contributed by atoms with Gasteiger partial charge in [0.1, 0.15) is 5.82 Å². The molecule has 2 aromatic rings. The van der Waals surface area contributed by atoms with Crippen LogP contribution in [0.4, 0.5) is 0 Å². The Balaban J connectivity index is 1.21. The Morgan fingerprint density at radius 1 is 1.08 bits per heavy atom. The van der Waals surface area contributed by atoms with Gasteiger partial charge in [0.05, 0.1) is 10.7 Å². The van der Waals surface area contributed by atoms with Crippen molar-refractivity contribution >= 4 is 29.3 Å². The first kappa shape index (κ1) is 26.4. The standard InChI is InChI=1S/C33H41N3O2/c1-2-29(34)18-8-22-9-19-30-31(20-22)36-33(35-30)28-5-3-4-24(16-17-28)26-12-14-27(15-13-26)25-10-6-23(7-11-25)21-32(37)38/h4-5,12-17,19-20,22-23,25,29H,2-3,6-11,18,21,34H2,1H3,(H,35,36)(H,37,38). The molecule has 1 aromatic carbocycles. The van der Waals surface area contributed by atoms with Crippen LogP contribution in [0.25, 0.3) is 23.3 Å². The fourth-order valence-corrected chi connectivity index (χ4v) is 6.13. The van der Waals surface area contributed by atoms with Crippen molar-refractivity contribution in [2.24, 2.45) is 17.6 Å².